The zero-order valence-electron chi connectivity index (χ0n) is 9.69. The molecule has 0 unspecified atom stereocenters. The topological polar surface area (TPSA) is 34.1 Å². The van der Waals surface area contributed by atoms with Crippen LogP contribution in [-0.2, 0) is 6.42 Å². The molecule has 1 aliphatic heterocycles. The number of rotatable bonds is 2. The minimum atomic E-state index is 0.878. The summed E-state index contributed by atoms with van der Waals surface area (Å²) in [5, 5.41) is 4.42. The van der Waals surface area contributed by atoms with E-state index in [2.05, 4.69) is 16.4 Å². The van der Waals surface area contributed by atoms with Gasteiger partial charge >= 0.3 is 0 Å². The number of hydrogen-bond acceptors (Lipinski definition) is 4. The Morgan fingerprint density at radius 1 is 1.41 bits per heavy atom. The fourth-order valence-electron chi connectivity index (χ4n) is 1.99. The van der Waals surface area contributed by atoms with E-state index >= 15 is 0 Å². The fourth-order valence-corrected chi connectivity index (χ4v) is 3.07. The molecule has 0 saturated heterocycles. The Hall–Kier alpha value is -1.55. The van der Waals surface area contributed by atoms with E-state index in [-0.39, 0.29) is 0 Å². The molecule has 0 saturated carbocycles. The van der Waals surface area contributed by atoms with Crippen LogP contribution in [0.15, 0.2) is 24.3 Å². The molecule has 3 rings (SSSR count). The molecule has 0 spiro atoms. The number of fused-ring (bicyclic) bond motifs is 1. The van der Waals surface area contributed by atoms with Gasteiger partial charge in [0.25, 0.3) is 0 Å². The Balaban J connectivity index is 2.00. The van der Waals surface area contributed by atoms with Crippen LogP contribution in [0.25, 0.3) is 10.6 Å². The Labute approximate surface area is 104 Å². The Morgan fingerprint density at radius 3 is 3.18 bits per heavy atom. The molecule has 0 bridgehead atoms. The van der Waals surface area contributed by atoms with E-state index in [0.717, 1.165) is 35.1 Å². The van der Waals surface area contributed by atoms with Gasteiger partial charge in [-0.05, 0) is 25.0 Å². The third-order valence-electron chi connectivity index (χ3n) is 2.89. The van der Waals surface area contributed by atoms with Crippen LogP contribution in [0.5, 0.6) is 5.75 Å². The molecule has 0 aliphatic carbocycles. The highest BCUT2D eigenvalue weighted by molar-refractivity contribution is 7.15. The zero-order chi connectivity index (χ0) is 11.7. The van der Waals surface area contributed by atoms with Crippen LogP contribution in [0, 0.1) is 0 Å². The predicted octanol–water partition coefficient (Wildman–Crippen LogP) is 3.18. The zero-order valence-corrected chi connectivity index (χ0v) is 10.5. The van der Waals surface area contributed by atoms with Crippen LogP contribution < -0.4 is 10.1 Å². The van der Waals surface area contributed by atoms with Gasteiger partial charge in [-0.3, -0.25) is 0 Å². The molecule has 1 aliphatic rings. The van der Waals surface area contributed by atoms with Gasteiger partial charge in [0.05, 0.1) is 7.11 Å². The smallest absolute Gasteiger partial charge is 0.140 e. The number of anilines is 1. The molecular formula is C13H14N2OS. The third kappa shape index (κ3) is 2.00. The van der Waals surface area contributed by atoms with Crippen LogP contribution in [-0.4, -0.2) is 18.6 Å². The predicted molar refractivity (Wildman–Crippen MR) is 70.9 cm³/mol. The summed E-state index contributed by atoms with van der Waals surface area (Å²) in [6, 6.07) is 8.06. The Bertz CT molecular complexity index is 512. The average Bonchev–Trinajstić information content (AvgIpc) is 2.82. The summed E-state index contributed by atoms with van der Waals surface area (Å²) in [5.41, 5.74) is 1.13. The van der Waals surface area contributed by atoms with Gasteiger partial charge in [-0.15, -0.1) is 11.3 Å². The fraction of sp³-hybridized carbons (Fsp3) is 0.308. The lowest BCUT2D eigenvalue weighted by Gasteiger charge is -2.10. The van der Waals surface area contributed by atoms with E-state index in [1.807, 2.05) is 18.2 Å². The molecule has 0 atom stereocenters. The Kier molecular flexibility index (Phi) is 2.73. The number of benzene rings is 1. The number of aromatic nitrogens is 1. The second-order valence-corrected chi connectivity index (χ2v) is 5.14. The molecule has 0 radical (unpaired) electrons. The summed E-state index contributed by atoms with van der Waals surface area (Å²) in [4.78, 5) is 6.02. The first-order valence-electron chi connectivity index (χ1n) is 5.75. The maximum atomic E-state index is 5.24. The van der Waals surface area contributed by atoms with Gasteiger partial charge in [0, 0.05) is 17.0 Å². The van der Waals surface area contributed by atoms with Gasteiger partial charge in [-0.2, -0.15) is 0 Å². The SMILES string of the molecule is COc1cccc(-c2nc3c(s2)CCCN3)c1. The molecule has 1 aromatic carbocycles. The summed E-state index contributed by atoms with van der Waals surface area (Å²) in [7, 11) is 1.69. The van der Waals surface area contributed by atoms with Crippen LogP contribution in [0.2, 0.25) is 0 Å². The standard InChI is InChI=1S/C13H14N2OS/c1-16-10-5-2-4-9(8-10)13-15-12-11(17-13)6-3-7-14-12/h2,4-5,8,14H,3,6-7H2,1H3. The number of thiazole rings is 1. The number of hydrogen-bond donors (Lipinski definition) is 1. The van der Waals surface area contributed by atoms with E-state index in [9.17, 15) is 0 Å². The van der Waals surface area contributed by atoms with Gasteiger partial charge in [0.1, 0.15) is 16.6 Å². The maximum absolute atomic E-state index is 5.24. The molecule has 1 N–H and O–H groups in total. The van der Waals surface area contributed by atoms with Crippen LogP contribution in [0.4, 0.5) is 5.82 Å². The van der Waals surface area contributed by atoms with Crippen LogP contribution >= 0.6 is 11.3 Å². The first kappa shape index (κ1) is 10.6. The van der Waals surface area contributed by atoms with Gasteiger partial charge in [0.2, 0.25) is 0 Å². The van der Waals surface area contributed by atoms with Crippen molar-refractivity contribution in [2.75, 3.05) is 19.0 Å². The van der Waals surface area contributed by atoms with E-state index in [4.69, 9.17) is 4.74 Å². The second-order valence-electron chi connectivity index (χ2n) is 4.05. The first-order chi connectivity index (χ1) is 8.36. The monoisotopic (exact) mass is 246 g/mol. The van der Waals surface area contributed by atoms with Gasteiger partial charge in [-0.25, -0.2) is 4.98 Å². The highest BCUT2D eigenvalue weighted by Gasteiger charge is 2.15. The highest BCUT2D eigenvalue weighted by atomic mass is 32.1. The number of nitrogens with zero attached hydrogens (tertiary/aromatic N) is 1. The number of nitrogens with one attached hydrogen (secondary N) is 1. The van der Waals surface area contributed by atoms with Crippen LogP contribution in [0.1, 0.15) is 11.3 Å². The lowest BCUT2D eigenvalue weighted by atomic mass is 10.2. The van der Waals surface area contributed by atoms with E-state index in [1.165, 1.54) is 11.3 Å². The molecule has 2 aromatic rings. The van der Waals surface area contributed by atoms with Crippen molar-refractivity contribution in [3.05, 3.63) is 29.1 Å². The number of methoxy groups -OCH3 is 1. The normalized spacial score (nSPS) is 13.9. The molecule has 17 heavy (non-hydrogen) atoms. The minimum Gasteiger partial charge on any atom is -0.497 e. The van der Waals surface area contributed by atoms with Crippen molar-refractivity contribution in [3.8, 4) is 16.3 Å². The first-order valence-corrected chi connectivity index (χ1v) is 6.56. The van der Waals surface area contributed by atoms with E-state index in [1.54, 1.807) is 18.4 Å². The summed E-state index contributed by atoms with van der Waals surface area (Å²) in [6.45, 7) is 1.04. The second kappa shape index (κ2) is 4.37. The highest BCUT2D eigenvalue weighted by Crippen LogP contribution is 2.34. The summed E-state index contributed by atoms with van der Waals surface area (Å²) in [6.07, 6.45) is 2.34. The minimum absolute atomic E-state index is 0.878. The molecule has 3 nitrogen and oxygen atoms in total. The largest absolute Gasteiger partial charge is 0.497 e. The van der Waals surface area contributed by atoms with Crippen molar-refractivity contribution in [2.45, 2.75) is 12.8 Å². The lowest BCUT2D eigenvalue weighted by Crippen LogP contribution is -2.09. The van der Waals surface area contributed by atoms with Crippen LogP contribution in [0.3, 0.4) is 0 Å². The number of ether oxygens (including phenoxy) is 1. The lowest BCUT2D eigenvalue weighted by molar-refractivity contribution is 0.415. The molecule has 4 heteroatoms. The quantitative estimate of drug-likeness (QED) is 0.883. The van der Waals surface area contributed by atoms with Crippen molar-refractivity contribution in [2.24, 2.45) is 0 Å². The molecule has 2 heterocycles. The van der Waals surface area contributed by atoms with Crippen molar-refractivity contribution < 1.29 is 4.74 Å². The van der Waals surface area contributed by atoms with Gasteiger partial charge < -0.3 is 10.1 Å². The van der Waals surface area contributed by atoms with Crippen molar-refractivity contribution in [1.82, 2.24) is 4.98 Å². The Morgan fingerprint density at radius 2 is 2.35 bits per heavy atom. The van der Waals surface area contributed by atoms with Crippen molar-refractivity contribution in [3.63, 3.8) is 0 Å². The number of aryl methyl sites for hydroxylation is 1. The summed E-state index contributed by atoms with van der Waals surface area (Å²) < 4.78 is 5.24. The molecule has 0 amide bonds. The molecular weight excluding hydrogens is 232 g/mol. The average molecular weight is 246 g/mol. The summed E-state index contributed by atoms with van der Waals surface area (Å²) in [5.74, 6) is 1.95. The summed E-state index contributed by atoms with van der Waals surface area (Å²) >= 11 is 1.78. The van der Waals surface area contributed by atoms with Gasteiger partial charge in [0.15, 0.2) is 0 Å². The van der Waals surface area contributed by atoms with E-state index < -0.39 is 0 Å². The maximum Gasteiger partial charge on any atom is 0.140 e. The molecule has 1 aromatic heterocycles. The van der Waals surface area contributed by atoms with Crippen molar-refractivity contribution in [1.29, 1.82) is 0 Å². The van der Waals surface area contributed by atoms with Crippen molar-refractivity contribution >= 4 is 17.2 Å². The molecule has 0 fully saturated rings. The van der Waals surface area contributed by atoms with E-state index in [0.29, 0.717) is 0 Å². The van der Waals surface area contributed by atoms with Gasteiger partial charge in [-0.1, -0.05) is 12.1 Å². The third-order valence-corrected chi connectivity index (χ3v) is 4.05. The molecule has 88 valence electrons.